The van der Waals surface area contributed by atoms with E-state index in [1.807, 2.05) is 18.0 Å². The molecule has 0 bridgehead atoms. The number of benzene rings is 2. The van der Waals surface area contributed by atoms with E-state index in [4.69, 9.17) is 0 Å². The standard InChI is InChI=1S/C31H30F4N6O/c1-20-26(32)16-24(17-28(20)39-27-6-4-10-37-29(27)22-5-3-9-36-18-22)38-30(42)21-7-8-23(25(15-21)31(33,34)35)19-41-13-11-40(2)12-14-41/h3-10,15-18,39H,11-14,19H2,1-2H3,(H,38,42). The Hall–Kier alpha value is -4.35. The first kappa shape index (κ1) is 29.2. The Kier molecular flexibility index (Phi) is 8.51. The maximum Gasteiger partial charge on any atom is 0.416 e. The fraction of sp³-hybridized carbons (Fsp3) is 0.258. The van der Waals surface area contributed by atoms with E-state index in [9.17, 15) is 22.4 Å². The van der Waals surface area contributed by atoms with Crippen molar-refractivity contribution in [3.8, 4) is 11.3 Å². The SMILES string of the molecule is Cc1c(F)cc(NC(=O)c2ccc(CN3CCN(C)CC3)c(C(F)(F)F)c2)cc1Nc1cccnc1-c1cccnc1. The van der Waals surface area contributed by atoms with Gasteiger partial charge in [0.2, 0.25) is 0 Å². The second-order valence-corrected chi connectivity index (χ2v) is 10.3. The van der Waals surface area contributed by atoms with Gasteiger partial charge in [0.25, 0.3) is 5.91 Å². The largest absolute Gasteiger partial charge is 0.416 e. The summed E-state index contributed by atoms with van der Waals surface area (Å²) in [6.07, 6.45) is 0.289. The minimum absolute atomic E-state index is 0.0903. The maximum absolute atomic E-state index is 15.0. The molecule has 1 saturated heterocycles. The highest BCUT2D eigenvalue weighted by molar-refractivity contribution is 6.04. The van der Waals surface area contributed by atoms with Crippen LogP contribution in [-0.2, 0) is 12.7 Å². The van der Waals surface area contributed by atoms with Crippen molar-refractivity contribution >= 4 is 23.0 Å². The Bertz CT molecular complexity index is 1570. The van der Waals surface area contributed by atoms with Crippen molar-refractivity contribution < 1.29 is 22.4 Å². The van der Waals surface area contributed by atoms with Crippen LogP contribution in [0.2, 0.25) is 0 Å². The number of alkyl halides is 3. The molecule has 1 aliphatic rings. The molecule has 2 N–H and O–H groups in total. The lowest BCUT2D eigenvalue weighted by Gasteiger charge is -2.33. The number of anilines is 3. The molecule has 5 rings (SSSR count). The van der Waals surface area contributed by atoms with E-state index >= 15 is 0 Å². The number of likely N-dealkylation sites (N-methyl/N-ethyl adjacent to an activating group) is 1. The number of hydrogen-bond donors (Lipinski definition) is 2. The van der Waals surface area contributed by atoms with Gasteiger partial charge in [0, 0.05) is 79.4 Å². The summed E-state index contributed by atoms with van der Waals surface area (Å²) in [6, 6.07) is 13.4. The third kappa shape index (κ3) is 6.75. The van der Waals surface area contributed by atoms with Gasteiger partial charge in [0.05, 0.1) is 16.9 Å². The molecule has 2 aromatic carbocycles. The molecule has 11 heteroatoms. The second-order valence-electron chi connectivity index (χ2n) is 10.3. The summed E-state index contributed by atoms with van der Waals surface area (Å²) in [6.45, 7) is 4.59. The van der Waals surface area contributed by atoms with Gasteiger partial charge in [-0.15, -0.1) is 0 Å². The molecule has 0 radical (unpaired) electrons. The first-order chi connectivity index (χ1) is 20.1. The van der Waals surface area contributed by atoms with Crippen LogP contribution >= 0.6 is 0 Å². The number of hydrogen-bond acceptors (Lipinski definition) is 6. The zero-order valence-electron chi connectivity index (χ0n) is 23.2. The van der Waals surface area contributed by atoms with Crippen molar-refractivity contribution in [1.82, 2.24) is 19.8 Å². The summed E-state index contributed by atoms with van der Waals surface area (Å²) < 4.78 is 57.0. The number of carbonyl (C=O) groups excluding carboxylic acids is 1. The highest BCUT2D eigenvalue weighted by Gasteiger charge is 2.34. The lowest BCUT2D eigenvalue weighted by atomic mass is 10.0. The van der Waals surface area contributed by atoms with Gasteiger partial charge in [-0.2, -0.15) is 13.2 Å². The molecule has 218 valence electrons. The van der Waals surface area contributed by atoms with Gasteiger partial charge >= 0.3 is 6.18 Å². The molecule has 1 aliphatic heterocycles. The molecule has 0 atom stereocenters. The number of amides is 1. The van der Waals surface area contributed by atoms with Gasteiger partial charge in [-0.05, 0) is 68.1 Å². The monoisotopic (exact) mass is 578 g/mol. The van der Waals surface area contributed by atoms with Gasteiger partial charge in [-0.1, -0.05) is 6.07 Å². The van der Waals surface area contributed by atoms with Crippen molar-refractivity contribution in [3.63, 3.8) is 0 Å². The van der Waals surface area contributed by atoms with Crippen LogP contribution in [0.3, 0.4) is 0 Å². The van der Waals surface area contributed by atoms with E-state index in [0.29, 0.717) is 35.7 Å². The first-order valence-corrected chi connectivity index (χ1v) is 13.4. The van der Waals surface area contributed by atoms with Gasteiger partial charge in [-0.3, -0.25) is 19.7 Å². The molecule has 0 spiro atoms. The summed E-state index contributed by atoms with van der Waals surface area (Å²) in [5.41, 5.74) is 1.75. The summed E-state index contributed by atoms with van der Waals surface area (Å²) in [5.74, 6) is -1.38. The average molecular weight is 579 g/mol. The third-order valence-corrected chi connectivity index (χ3v) is 7.28. The smallest absolute Gasteiger partial charge is 0.353 e. The van der Waals surface area contributed by atoms with E-state index in [1.165, 1.54) is 18.2 Å². The van der Waals surface area contributed by atoms with E-state index in [2.05, 4.69) is 25.5 Å². The molecule has 1 amide bonds. The van der Waals surface area contributed by atoms with Crippen LogP contribution in [0.5, 0.6) is 0 Å². The number of pyridine rings is 2. The number of nitrogens with one attached hydrogen (secondary N) is 2. The highest BCUT2D eigenvalue weighted by atomic mass is 19.4. The second kappa shape index (κ2) is 12.3. The Morgan fingerprint density at radius 3 is 2.45 bits per heavy atom. The number of halogens is 4. The summed E-state index contributed by atoms with van der Waals surface area (Å²) in [4.78, 5) is 25.7. The molecule has 0 unspecified atom stereocenters. The number of piperazine rings is 1. The summed E-state index contributed by atoms with van der Waals surface area (Å²) >= 11 is 0. The zero-order valence-corrected chi connectivity index (χ0v) is 23.2. The van der Waals surface area contributed by atoms with Gasteiger partial charge in [0.15, 0.2) is 0 Å². The Morgan fingerprint density at radius 2 is 1.74 bits per heavy atom. The normalized spacial score (nSPS) is 14.5. The van der Waals surface area contributed by atoms with Crippen LogP contribution in [-0.4, -0.2) is 58.9 Å². The summed E-state index contributed by atoms with van der Waals surface area (Å²) in [7, 11) is 1.98. The molecule has 4 aromatic rings. The van der Waals surface area contributed by atoms with Crippen LogP contribution in [0.1, 0.15) is 27.0 Å². The first-order valence-electron chi connectivity index (χ1n) is 13.4. The molecule has 0 saturated carbocycles. The molecule has 3 heterocycles. The number of nitrogens with zero attached hydrogens (tertiary/aromatic N) is 4. The van der Waals surface area contributed by atoms with Crippen LogP contribution in [0.15, 0.2) is 73.2 Å². The lowest BCUT2D eigenvalue weighted by Crippen LogP contribution is -2.44. The molecule has 1 fully saturated rings. The Labute approximate surface area is 241 Å². The molecular weight excluding hydrogens is 548 g/mol. The maximum atomic E-state index is 15.0. The quantitative estimate of drug-likeness (QED) is 0.249. The van der Waals surface area contributed by atoms with Crippen LogP contribution in [0.4, 0.5) is 34.6 Å². The molecular formula is C31H30F4N6O. The molecule has 2 aromatic heterocycles. The Balaban J connectivity index is 1.38. The van der Waals surface area contributed by atoms with Crippen molar-refractivity contribution in [2.45, 2.75) is 19.6 Å². The van der Waals surface area contributed by atoms with Gasteiger partial charge < -0.3 is 15.5 Å². The van der Waals surface area contributed by atoms with Crippen LogP contribution in [0, 0.1) is 12.7 Å². The minimum Gasteiger partial charge on any atom is -0.353 e. The number of carbonyl (C=O) groups is 1. The molecule has 42 heavy (non-hydrogen) atoms. The fourth-order valence-corrected chi connectivity index (χ4v) is 4.83. The summed E-state index contributed by atoms with van der Waals surface area (Å²) in [5, 5.41) is 5.73. The van der Waals surface area contributed by atoms with E-state index in [-0.39, 0.29) is 23.4 Å². The predicted molar refractivity (Wildman–Crippen MR) is 154 cm³/mol. The lowest BCUT2D eigenvalue weighted by molar-refractivity contribution is -0.138. The van der Waals surface area contributed by atoms with Crippen LogP contribution in [0.25, 0.3) is 11.3 Å². The van der Waals surface area contributed by atoms with Crippen LogP contribution < -0.4 is 10.6 Å². The van der Waals surface area contributed by atoms with E-state index in [0.717, 1.165) is 30.8 Å². The number of aromatic nitrogens is 2. The van der Waals surface area contributed by atoms with Crippen molar-refractivity contribution in [3.05, 3.63) is 101 Å². The van der Waals surface area contributed by atoms with Gasteiger partial charge in [0.1, 0.15) is 5.82 Å². The topological polar surface area (TPSA) is 73.4 Å². The predicted octanol–water partition coefficient (Wildman–Crippen LogP) is 6.35. The minimum atomic E-state index is -4.64. The fourth-order valence-electron chi connectivity index (χ4n) is 4.83. The van der Waals surface area contributed by atoms with E-state index in [1.54, 1.807) is 43.7 Å². The van der Waals surface area contributed by atoms with E-state index < -0.39 is 23.5 Å². The third-order valence-electron chi connectivity index (χ3n) is 7.28. The zero-order chi connectivity index (χ0) is 29.9. The Morgan fingerprint density at radius 1 is 0.976 bits per heavy atom. The van der Waals surface area contributed by atoms with Crippen molar-refractivity contribution in [1.29, 1.82) is 0 Å². The van der Waals surface area contributed by atoms with Crippen molar-refractivity contribution in [2.24, 2.45) is 0 Å². The van der Waals surface area contributed by atoms with Gasteiger partial charge in [-0.25, -0.2) is 4.39 Å². The number of rotatable bonds is 7. The van der Waals surface area contributed by atoms with Crippen molar-refractivity contribution in [2.75, 3.05) is 43.9 Å². The highest BCUT2D eigenvalue weighted by Crippen LogP contribution is 2.35. The average Bonchev–Trinajstić information content (AvgIpc) is 2.97. The molecule has 0 aliphatic carbocycles. The molecule has 7 nitrogen and oxygen atoms in total.